The van der Waals surface area contributed by atoms with Crippen LogP contribution in [0.15, 0.2) is 53.3 Å². The fourth-order valence-electron chi connectivity index (χ4n) is 2.09. The lowest BCUT2D eigenvalue weighted by Crippen LogP contribution is -2.12. The maximum absolute atomic E-state index is 12.2. The van der Waals surface area contributed by atoms with Crippen molar-refractivity contribution in [3.8, 4) is 6.07 Å². The molecule has 0 saturated heterocycles. The Kier molecular flexibility index (Phi) is 4.21. The number of carbonyl (C=O) groups excluding carboxylic acids is 1. The number of carbonyl (C=O) groups is 1. The predicted molar refractivity (Wildman–Crippen MR) is 87.9 cm³/mol. The lowest BCUT2D eigenvalue weighted by atomic mass is 10.2. The molecule has 0 saturated carbocycles. The van der Waals surface area contributed by atoms with Crippen molar-refractivity contribution in [3.63, 3.8) is 0 Å². The number of para-hydroxylation sites is 1. The summed E-state index contributed by atoms with van der Waals surface area (Å²) in [5.74, 6) is 0.589. The van der Waals surface area contributed by atoms with Crippen molar-refractivity contribution in [1.82, 2.24) is 10.1 Å². The lowest BCUT2D eigenvalue weighted by molar-refractivity contribution is 0.102. The van der Waals surface area contributed by atoms with E-state index >= 15 is 0 Å². The van der Waals surface area contributed by atoms with Crippen LogP contribution in [0.1, 0.15) is 21.7 Å². The van der Waals surface area contributed by atoms with Crippen LogP contribution in [0.3, 0.4) is 0 Å². The molecule has 118 valence electrons. The second-order valence-corrected chi connectivity index (χ2v) is 5.02. The molecule has 24 heavy (non-hydrogen) atoms. The number of benzene rings is 1. The van der Waals surface area contributed by atoms with E-state index in [2.05, 4.69) is 26.8 Å². The van der Waals surface area contributed by atoms with Gasteiger partial charge in [-0.15, -0.1) is 0 Å². The summed E-state index contributed by atoms with van der Waals surface area (Å²) in [5.41, 5.74) is 2.11. The molecule has 0 unspecified atom stereocenters. The van der Waals surface area contributed by atoms with E-state index < -0.39 is 0 Å². The lowest BCUT2D eigenvalue weighted by Gasteiger charge is -2.09. The van der Waals surface area contributed by atoms with E-state index in [9.17, 15) is 4.79 Å². The van der Waals surface area contributed by atoms with Crippen molar-refractivity contribution >= 4 is 23.1 Å². The molecular weight excluding hydrogens is 306 g/mol. The first-order valence-electron chi connectivity index (χ1n) is 7.11. The zero-order chi connectivity index (χ0) is 16.9. The summed E-state index contributed by atoms with van der Waals surface area (Å²) in [4.78, 5) is 16.3. The number of amides is 1. The van der Waals surface area contributed by atoms with Crippen LogP contribution in [0, 0.1) is 18.3 Å². The summed E-state index contributed by atoms with van der Waals surface area (Å²) in [6.07, 6.45) is 3.02. The minimum absolute atomic E-state index is 0.339. The van der Waals surface area contributed by atoms with Crippen LogP contribution in [-0.4, -0.2) is 16.0 Å². The molecule has 3 rings (SSSR count). The number of nitrogens with zero attached hydrogens (tertiary/aromatic N) is 3. The Morgan fingerprint density at radius 1 is 1.25 bits per heavy atom. The number of pyridine rings is 1. The molecule has 0 aliphatic heterocycles. The van der Waals surface area contributed by atoms with Gasteiger partial charge in [-0.2, -0.15) is 5.26 Å². The van der Waals surface area contributed by atoms with Crippen LogP contribution >= 0.6 is 0 Å². The topological polar surface area (TPSA) is 104 Å². The van der Waals surface area contributed by atoms with Gasteiger partial charge in [-0.3, -0.25) is 9.78 Å². The number of nitriles is 1. The maximum atomic E-state index is 12.2. The Morgan fingerprint density at radius 3 is 2.83 bits per heavy atom. The first-order chi connectivity index (χ1) is 11.7. The number of nitrogens with one attached hydrogen (secondary N) is 2. The number of hydrogen-bond acceptors (Lipinski definition) is 6. The van der Waals surface area contributed by atoms with Gasteiger partial charge in [-0.05, 0) is 25.1 Å². The standard InChI is InChI=1S/C17H13N5O2/c1-11-6-16(22-24-11)21-17(23)13-7-14(10-19-9-13)20-15-5-3-2-4-12(15)8-18/h2-7,9-10,20H,1H3,(H,21,22,23). The Labute approximate surface area is 137 Å². The molecule has 0 atom stereocenters. The van der Waals surface area contributed by atoms with Crippen LogP contribution in [0.4, 0.5) is 17.2 Å². The Morgan fingerprint density at radius 2 is 2.08 bits per heavy atom. The van der Waals surface area contributed by atoms with E-state index in [1.807, 2.05) is 6.07 Å². The highest BCUT2D eigenvalue weighted by atomic mass is 16.5. The molecule has 7 heteroatoms. The first kappa shape index (κ1) is 15.2. The van der Waals surface area contributed by atoms with E-state index in [0.29, 0.717) is 34.1 Å². The summed E-state index contributed by atoms with van der Waals surface area (Å²) >= 11 is 0. The van der Waals surface area contributed by atoms with E-state index in [4.69, 9.17) is 9.78 Å². The number of rotatable bonds is 4. The molecule has 0 radical (unpaired) electrons. The molecule has 0 bridgehead atoms. The summed E-state index contributed by atoms with van der Waals surface area (Å²) in [7, 11) is 0. The van der Waals surface area contributed by atoms with Crippen LogP contribution in [-0.2, 0) is 0 Å². The van der Waals surface area contributed by atoms with E-state index in [1.165, 1.54) is 6.20 Å². The van der Waals surface area contributed by atoms with Crippen molar-refractivity contribution < 1.29 is 9.32 Å². The third-order valence-electron chi connectivity index (χ3n) is 3.20. The molecule has 7 nitrogen and oxygen atoms in total. The number of aryl methyl sites for hydroxylation is 1. The Bertz CT molecular complexity index is 926. The monoisotopic (exact) mass is 319 g/mol. The quantitative estimate of drug-likeness (QED) is 0.765. The Balaban J connectivity index is 1.79. The van der Waals surface area contributed by atoms with E-state index in [1.54, 1.807) is 43.5 Å². The van der Waals surface area contributed by atoms with Gasteiger partial charge in [0, 0.05) is 12.3 Å². The van der Waals surface area contributed by atoms with Gasteiger partial charge in [0.05, 0.1) is 28.7 Å². The third kappa shape index (κ3) is 3.39. The summed E-state index contributed by atoms with van der Waals surface area (Å²) in [6.45, 7) is 1.74. The minimum atomic E-state index is -0.354. The van der Waals surface area contributed by atoms with Crippen LogP contribution in [0.25, 0.3) is 0 Å². The average Bonchev–Trinajstić information content (AvgIpc) is 3.00. The largest absolute Gasteiger partial charge is 0.360 e. The minimum Gasteiger partial charge on any atom is -0.360 e. The van der Waals surface area contributed by atoms with Gasteiger partial charge < -0.3 is 15.2 Å². The number of hydrogen-bond donors (Lipinski definition) is 2. The fourth-order valence-corrected chi connectivity index (χ4v) is 2.09. The SMILES string of the molecule is Cc1cc(NC(=O)c2cncc(Nc3ccccc3C#N)c2)no1. The predicted octanol–water partition coefficient (Wildman–Crippen LogP) is 3.25. The van der Waals surface area contributed by atoms with Crippen molar-refractivity contribution in [2.24, 2.45) is 0 Å². The molecule has 1 amide bonds. The maximum Gasteiger partial charge on any atom is 0.258 e. The first-order valence-corrected chi connectivity index (χ1v) is 7.11. The van der Waals surface area contributed by atoms with Crippen LogP contribution < -0.4 is 10.6 Å². The highest BCUT2D eigenvalue weighted by molar-refractivity contribution is 6.04. The molecule has 2 aromatic heterocycles. The molecule has 0 fully saturated rings. The van der Waals surface area contributed by atoms with Gasteiger partial charge in [0.15, 0.2) is 5.82 Å². The van der Waals surface area contributed by atoms with Crippen molar-refractivity contribution in [2.75, 3.05) is 10.6 Å². The van der Waals surface area contributed by atoms with Crippen molar-refractivity contribution in [2.45, 2.75) is 6.92 Å². The van der Waals surface area contributed by atoms with Crippen LogP contribution in [0.5, 0.6) is 0 Å². The van der Waals surface area contributed by atoms with Crippen LogP contribution in [0.2, 0.25) is 0 Å². The van der Waals surface area contributed by atoms with Crippen molar-refractivity contribution in [1.29, 1.82) is 5.26 Å². The van der Waals surface area contributed by atoms with Gasteiger partial charge in [0.1, 0.15) is 11.8 Å². The molecule has 2 N–H and O–H groups in total. The van der Waals surface area contributed by atoms with Gasteiger partial charge >= 0.3 is 0 Å². The van der Waals surface area contributed by atoms with E-state index in [-0.39, 0.29) is 5.91 Å². The number of aromatic nitrogens is 2. The molecule has 1 aromatic carbocycles. The second-order valence-electron chi connectivity index (χ2n) is 5.02. The molecule has 0 spiro atoms. The zero-order valence-electron chi connectivity index (χ0n) is 12.8. The number of anilines is 3. The molecule has 0 aliphatic rings. The highest BCUT2D eigenvalue weighted by Crippen LogP contribution is 2.20. The zero-order valence-corrected chi connectivity index (χ0v) is 12.8. The molecule has 0 aliphatic carbocycles. The fraction of sp³-hybridized carbons (Fsp3) is 0.0588. The smallest absolute Gasteiger partial charge is 0.258 e. The third-order valence-corrected chi connectivity index (χ3v) is 3.20. The van der Waals surface area contributed by atoms with Gasteiger partial charge in [0.25, 0.3) is 5.91 Å². The van der Waals surface area contributed by atoms with Gasteiger partial charge in [-0.1, -0.05) is 17.3 Å². The van der Waals surface area contributed by atoms with Crippen molar-refractivity contribution in [3.05, 3.63) is 65.7 Å². The van der Waals surface area contributed by atoms with Gasteiger partial charge in [-0.25, -0.2) is 0 Å². The highest BCUT2D eigenvalue weighted by Gasteiger charge is 2.10. The normalized spacial score (nSPS) is 10.0. The summed E-state index contributed by atoms with van der Waals surface area (Å²) < 4.78 is 4.91. The molecule has 2 heterocycles. The molecular formula is C17H13N5O2. The average molecular weight is 319 g/mol. The van der Waals surface area contributed by atoms with Gasteiger partial charge in [0.2, 0.25) is 0 Å². The molecule has 3 aromatic rings. The van der Waals surface area contributed by atoms with E-state index in [0.717, 1.165) is 0 Å². The second kappa shape index (κ2) is 6.62. The Hall–Kier alpha value is -3.66. The summed E-state index contributed by atoms with van der Waals surface area (Å²) in [5, 5.41) is 18.6. The summed E-state index contributed by atoms with van der Waals surface area (Å²) in [6, 6.07) is 12.5.